The van der Waals surface area contributed by atoms with Crippen LogP contribution in [0.5, 0.6) is 0 Å². The van der Waals surface area contributed by atoms with Crippen LogP contribution in [0.1, 0.15) is 5.69 Å². The van der Waals surface area contributed by atoms with Gasteiger partial charge in [-0.1, -0.05) is 24.3 Å². The van der Waals surface area contributed by atoms with Crippen LogP contribution in [0.3, 0.4) is 0 Å². The van der Waals surface area contributed by atoms with Gasteiger partial charge in [0.25, 0.3) is 0 Å². The molecule has 0 aliphatic heterocycles. The number of para-hydroxylation sites is 1. The second-order valence-corrected chi connectivity index (χ2v) is 5.13. The van der Waals surface area contributed by atoms with Crippen molar-refractivity contribution in [3.63, 3.8) is 0 Å². The van der Waals surface area contributed by atoms with Crippen molar-refractivity contribution >= 4 is 28.6 Å². The molecule has 2 N–H and O–H groups in total. The predicted molar refractivity (Wildman–Crippen MR) is 95.1 cm³/mol. The lowest BCUT2D eigenvalue weighted by Gasteiger charge is -2.10. The highest BCUT2D eigenvalue weighted by Gasteiger charge is 2.15. The molecule has 0 amide bonds. The van der Waals surface area contributed by atoms with E-state index in [4.69, 9.17) is 5.26 Å². The van der Waals surface area contributed by atoms with Crippen molar-refractivity contribution in [3.8, 4) is 6.07 Å². The van der Waals surface area contributed by atoms with Gasteiger partial charge in [-0.3, -0.25) is 10.1 Å². The number of hydrogen-bond acceptors (Lipinski definition) is 6. The molecule has 0 radical (unpaired) electrons. The highest BCUT2D eigenvalue weighted by atomic mass is 16.6. The fraction of sp³-hybridized carbons (Fsp3) is 0. The molecule has 1 heterocycles. The first kappa shape index (κ1) is 16.0. The van der Waals surface area contributed by atoms with E-state index >= 15 is 0 Å². The van der Waals surface area contributed by atoms with E-state index in [0.717, 1.165) is 17.1 Å². The molecule has 0 aliphatic carbocycles. The average Bonchev–Trinajstić information content (AvgIpc) is 2.62. The van der Waals surface area contributed by atoms with Gasteiger partial charge in [0.2, 0.25) is 5.69 Å². The molecule has 7 heteroatoms. The normalized spacial score (nSPS) is 9.88. The average molecular weight is 331 g/mol. The SMILES string of the molecule is N#Cc1nc(Nc2cccc(Nc3ccccc3)c2)ccc1[N+](=O)[O-]. The minimum absolute atomic E-state index is 0.228. The summed E-state index contributed by atoms with van der Waals surface area (Å²) >= 11 is 0. The molecule has 2 aromatic carbocycles. The molecule has 0 saturated carbocycles. The van der Waals surface area contributed by atoms with Gasteiger partial charge in [-0.05, 0) is 36.4 Å². The van der Waals surface area contributed by atoms with Gasteiger partial charge in [-0.25, -0.2) is 4.98 Å². The first-order chi connectivity index (χ1) is 12.2. The molecule has 3 aromatic rings. The first-order valence-electron chi connectivity index (χ1n) is 7.40. The lowest BCUT2D eigenvalue weighted by Crippen LogP contribution is -2.00. The van der Waals surface area contributed by atoms with Crippen LogP contribution >= 0.6 is 0 Å². The molecule has 122 valence electrons. The smallest absolute Gasteiger partial charge is 0.305 e. The maximum absolute atomic E-state index is 10.9. The van der Waals surface area contributed by atoms with E-state index in [1.165, 1.54) is 12.1 Å². The lowest BCUT2D eigenvalue weighted by molar-refractivity contribution is -0.385. The molecule has 0 saturated heterocycles. The summed E-state index contributed by atoms with van der Waals surface area (Å²) < 4.78 is 0. The van der Waals surface area contributed by atoms with E-state index in [9.17, 15) is 10.1 Å². The van der Waals surface area contributed by atoms with Crippen molar-refractivity contribution in [1.29, 1.82) is 5.26 Å². The maximum Gasteiger partial charge on any atom is 0.305 e. The van der Waals surface area contributed by atoms with Gasteiger partial charge < -0.3 is 10.6 Å². The van der Waals surface area contributed by atoms with Crippen LogP contribution in [0.25, 0.3) is 0 Å². The quantitative estimate of drug-likeness (QED) is 0.532. The summed E-state index contributed by atoms with van der Waals surface area (Å²) in [7, 11) is 0. The third kappa shape index (κ3) is 3.89. The number of hydrogen-bond donors (Lipinski definition) is 2. The van der Waals surface area contributed by atoms with Gasteiger partial charge in [0.1, 0.15) is 11.9 Å². The van der Waals surface area contributed by atoms with Crippen LogP contribution in [0.15, 0.2) is 66.7 Å². The standard InChI is InChI=1S/C18H13N5O2/c19-12-16-17(23(24)25)9-10-18(22-16)21-15-8-4-7-14(11-15)20-13-5-2-1-3-6-13/h1-11,20H,(H,21,22). The summed E-state index contributed by atoms with van der Waals surface area (Å²) in [6.07, 6.45) is 0. The molecule has 3 rings (SSSR count). The Morgan fingerprint density at radius 1 is 0.920 bits per heavy atom. The number of benzene rings is 2. The maximum atomic E-state index is 10.9. The van der Waals surface area contributed by atoms with E-state index in [-0.39, 0.29) is 11.4 Å². The second-order valence-electron chi connectivity index (χ2n) is 5.13. The Bertz CT molecular complexity index is 951. The zero-order valence-electron chi connectivity index (χ0n) is 13.0. The summed E-state index contributed by atoms with van der Waals surface area (Å²) in [5.74, 6) is 0.360. The van der Waals surface area contributed by atoms with Crippen molar-refractivity contribution in [2.75, 3.05) is 10.6 Å². The number of nitrogens with one attached hydrogen (secondary N) is 2. The minimum Gasteiger partial charge on any atom is -0.355 e. The number of nitrogens with zero attached hydrogens (tertiary/aromatic N) is 3. The summed E-state index contributed by atoms with van der Waals surface area (Å²) in [6.45, 7) is 0. The number of pyridine rings is 1. The highest BCUT2D eigenvalue weighted by molar-refractivity contribution is 5.67. The van der Waals surface area contributed by atoms with Gasteiger partial charge in [-0.2, -0.15) is 5.26 Å². The third-order valence-electron chi connectivity index (χ3n) is 3.37. The molecule has 0 aliphatic rings. The summed E-state index contributed by atoms with van der Waals surface area (Å²) in [5.41, 5.74) is 2.03. The zero-order chi connectivity index (χ0) is 17.6. The first-order valence-corrected chi connectivity index (χ1v) is 7.40. The summed E-state index contributed by atoms with van der Waals surface area (Å²) in [5, 5.41) is 26.2. The van der Waals surface area contributed by atoms with Crippen LogP contribution in [0.2, 0.25) is 0 Å². The molecule has 0 atom stereocenters. The second kappa shape index (κ2) is 7.10. The molecule has 7 nitrogen and oxygen atoms in total. The topological polar surface area (TPSA) is 104 Å². The van der Waals surface area contributed by atoms with E-state index in [0.29, 0.717) is 5.82 Å². The number of nitriles is 1. The molecule has 1 aromatic heterocycles. The minimum atomic E-state index is -0.625. The van der Waals surface area contributed by atoms with Crippen molar-refractivity contribution in [2.45, 2.75) is 0 Å². The summed E-state index contributed by atoms with van der Waals surface area (Å²) in [4.78, 5) is 14.2. The molecule has 0 fully saturated rings. The predicted octanol–water partition coefficient (Wildman–Crippen LogP) is 4.35. The highest BCUT2D eigenvalue weighted by Crippen LogP contribution is 2.24. The van der Waals surface area contributed by atoms with Crippen molar-refractivity contribution < 1.29 is 4.92 Å². The fourth-order valence-corrected chi connectivity index (χ4v) is 2.26. The Balaban J connectivity index is 1.81. The van der Waals surface area contributed by atoms with Crippen molar-refractivity contribution in [1.82, 2.24) is 4.98 Å². The van der Waals surface area contributed by atoms with Crippen LogP contribution in [-0.2, 0) is 0 Å². The van der Waals surface area contributed by atoms with Crippen LogP contribution < -0.4 is 10.6 Å². The van der Waals surface area contributed by atoms with Gasteiger partial charge in [-0.15, -0.1) is 0 Å². The monoisotopic (exact) mass is 331 g/mol. The Morgan fingerprint density at radius 3 is 2.28 bits per heavy atom. The number of rotatable bonds is 5. The Hall–Kier alpha value is -3.92. The number of aromatic nitrogens is 1. The Kier molecular flexibility index (Phi) is 4.53. The number of nitro groups is 1. The fourth-order valence-electron chi connectivity index (χ4n) is 2.26. The molecule has 0 spiro atoms. The molecular formula is C18H13N5O2. The van der Waals surface area contributed by atoms with Crippen LogP contribution in [-0.4, -0.2) is 9.91 Å². The van der Waals surface area contributed by atoms with Gasteiger partial charge in [0.15, 0.2) is 0 Å². The van der Waals surface area contributed by atoms with Crippen molar-refractivity contribution in [3.05, 3.63) is 82.5 Å². The summed E-state index contributed by atoms with van der Waals surface area (Å²) in [6, 6.07) is 21.7. The Morgan fingerprint density at radius 2 is 1.60 bits per heavy atom. The van der Waals surface area contributed by atoms with Crippen LogP contribution in [0.4, 0.5) is 28.6 Å². The largest absolute Gasteiger partial charge is 0.355 e. The van der Waals surface area contributed by atoms with Gasteiger partial charge in [0, 0.05) is 23.1 Å². The van der Waals surface area contributed by atoms with E-state index in [1.807, 2.05) is 54.6 Å². The van der Waals surface area contributed by atoms with E-state index in [2.05, 4.69) is 15.6 Å². The molecule has 0 bridgehead atoms. The third-order valence-corrected chi connectivity index (χ3v) is 3.37. The zero-order valence-corrected chi connectivity index (χ0v) is 13.0. The molecule has 0 unspecified atom stereocenters. The van der Waals surface area contributed by atoms with E-state index in [1.54, 1.807) is 6.07 Å². The molecule has 25 heavy (non-hydrogen) atoms. The van der Waals surface area contributed by atoms with Gasteiger partial charge >= 0.3 is 5.69 Å². The van der Waals surface area contributed by atoms with Gasteiger partial charge in [0.05, 0.1) is 4.92 Å². The van der Waals surface area contributed by atoms with E-state index < -0.39 is 4.92 Å². The number of anilines is 4. The van der Waals surface area contributed by atoms with Crippen molar-refractivity contribution in [2.24, 2.45) is 0 Å². The lowest BCUT2D eigenvalue weighted by atomic mass is 10.2. The molecular weight excluding hydrogens is 318 g/mol. The van der Waals surface area contributed by atoms with Crippen LogP contribution in [0, 0.1) is 21.4 Å². The Labute approximate surface area is 143 Å².